The van der Waals surface area contributed by atoms with Gasteiger partial charge in [-0.2, -0.15) is 5.01 Å². The summed E-state index contributed by atoms with van der Waals surface area (Å²) < 4.78 is 11.4. The normalized spacial score (nSPS) is 14.1. The number of carbonyl (C=O) groups is 2. The Kier molecular flexibility index (Phi) is 7.62. The number of non-ortho nitro benzene ring substituents is 1. The van der Waals surface area contributed by atoms with Crippen molar-refractivity contribution in [3.8, 4) is 11.5 Å². The van der Waals surface area contributed by atoms with E-state index in [4.69, 9.17) is 21.7 Å². The van der Waals surface area contributed by atoms with Gasteiger partial charge in [0.25, 0.3) is 17.5 Å². The number of ether oxygens (including phenoxy) is 2. The molecule has 182 valence electrons. The minimum Gasteiger partial charge on any atom is -0.493 e. The maximum atomic E-state index is 12.9. The number of carbonyl (C=O) groups excluding carboxylic acids is 2. The van der Waals surface area contributed by atoms with Crippen molar-refractivity contribution in [1.29, 1.82) is 0 Å². The van der Waals surface area contributed by atoms with E-state index in [9.17, 15) is 19.7 Å². The zero-order valence-corrected chi connectivity index (χ0v) is 20.5. The molecular weight excluding hydrogens is 502 g/mol. The number of hydrogen-bond donors (Lipinski definition) is 1. The minimum absolute atomic E-state index is 0.0179. The van der Waals surface area contributed by atoms with E-state index in [2.05, 4.69) is 5.43 Å². The minimum atomic E-state index is -0.464. The third kappa shape index (κ3) is 5.70. The van der Waals surface area contributed by atoms with E-state index in [1.807, 2.05) is 0 Å². The summed E-state index contributed by atoms with van der Waals surface area (Å²) in [4.78, 5) is 36.2. The summed E-state index contributed by atoms with van der Waals surface area (Å²) in [6.07, 6.45) is 1.64. The van der Waals surface area contributed by atoms with Crippen molar-refractivity contribution < 1.29 is 24.0 Å². The van der Waals surface area contributed by atoms with Crippen LogP contribution < -0.4 is 14.9 Å². The van der Waals surface area contributed by atoms with Gasteiger partial charge in [0.1, 0.15) is 6.61 Å². The molecular formula is C25H19N3O6S2. The first-order valence-corrected chi connectivity index (χ1v) is 11.8. The lowest BCUT2D eigenvalue weighted by atomic mass is 10.1. The van der Waals surface area contributed by atoms with Gasteiger partial charge >= 0.3 is 0 Å². The van der Waals surface area contributed by atoms with Gasteiger partial charge in [-0.25, -0.2) is 0 Å². The molecule has 4 rings (SSSR count). The van der Waals surface area contributed by atoms with E-state index >= 15 is 0 Å². The monoisotopic (exact) mass is 521 g/mol. The SMILES string of the molecule is COc1cc(/C=C2/SC(=S)N(NC(=O)c3ccccc3)C2=O)ccc1OCc1cccc([N+](=O)[O-])c1. The Bertz CT molecular complexity index is 1380. The molecule has 0 unspecified atom stereocenters. The van der Waals surface area contributed by atoms with Crippen LogP contribution in [-0.2, 0) is 11.4 Å². The Hall–Kier alpha value is -4.22. The molecule has 0 aromatic heterocycles. The maximum absolute atomic E-state index is 12.9. The molecule has 0 atom stereocenters. The molecule has 0 spiro atoms. The maximum Gasteiger partial charge on any atom is 0.285 e. The predicted octanol–water partition coefficient (Wildman–Crippen LogP) is 4.73. The summed E-state index contributed by atoms with van der Waals surface area (Å²) in [5.74, 6) is -0.0369. The number of amides is 2. The molecule has 2 amide bonds. The van der Waals surface area contributed by atoms with Crippen molar-refractivity contribution in [1.82, 2.24) is 10.4 Å². The van der Waals surface area contributed by atoms with E-state index in [1.165, 1.54) is 19.2 Å². The van der Waals surface area contributed by atoms with Crippen LogP contribution >= 0.6 is 24.0 Å². The average Bonchev–Trinajstić information content (AvgIpc) is 3.15. The number of nitro benzene ring substituents is 1. The lowest BCUT2D eigenvalue weighted by molar-refractivity contribution is -0.384. The Morgan fingerprint density at radius 2 is 1.89 bits per heavy atom. The third-order valence-corrected chi connectivity index (χ3v) is 6.35. The Balaban J connectivity index is 1.46. The second kappa shape index (κ2) is 11.0. The lowest BCUT2D eigenvalue weighted by Crippen LogP contribution is -2.44. The van der Waals surface area contributed by atoms with E-state index < -0.39 is 16.7 Å². The van der Waals surface area contributed by atoms with Crippen molar-refractivity contribution in [2.24, 2.45) is 0 Å². The second-order valence-electron chi connectivity index (χ2n) is 7.45. The highest BCUT2D eigenvalue weighted by Gasteiger charge is 2.33. The zero-order chi connectivity index (χ0) is 25.7. The second-order valence-corrected chi connectivity index (χ2v) is 9.13. The molecule has 0 radical (unpaired) electrons. The Morgan fingerprint density at radius 3 is 2.61 bits per heavy atom. The van der Waals surface area contributed by atoms with Gasteiger partial charge in [-0.05, 0) is 53.7 Å². The molecule has 0 aliphatic carbocycles. The highest BCUT2D eigenvalue weighted by Crippen LogP contribution is 2.34. The number of thioether (sulfide) groups is 1. The summed E-state index contributed by atoms with van der Waals surface area (Å²) in [6, 6.07) is 19.8. The number of methoxy groups -OCH3 is 1. The fourth-order valence-electron chi connectivity index (χ4n) is 3.29. The van der Waals surface area contributed by atoms with Gasteiger partial charge in [0.15, 0.2) is 15.8 Å². The molecule has 1 heterocycles. The van der Waals surface area contributed by atoms with Gasteiger partial charge in [0.05, 0.1) is 16.9 Å². The number of nitrogens with zero attached hydrogens (tertiary/aromatic N) is 2. The molecule has 0 bridgehead atoms. The average molecular weight is 522 g/mol. The summed E-state index contributed by atoms with van der Waals surface area (Å²) in [5.41, 5.74) is 4.22. The van der Waals surface area contributed by atoms with Crippen molar-refractivity contribution in [3.63, 3.8) is 0 Å². The van der Waals surface area contributed by atoms with E-state index in [-0.39, 0.29) is 16.6 Å². The van der Waals surface area contributed by atoms with Gasteiger partial charge in [0.2, 0.25) is 0 Å². The first-order valence-electron chi connectivity index (χ1n) is 10.5. The van der Waals surface area contributed by atoms with Gasteiger partial charge < -0.3 is 9.47 Å². The van der Waals surface area contributed by atoms with E-state index in [1.54, 1.807) is 66.7 Å². The largest absolute Gasteiger partial charge is 0.493 e. The van der Waals surface area contributed by atoms with Crippen molar-refractivity contribution in [2.75, 3.05) is 7.11 Å². The quantitative estimate of drug-likeness (QED) is 0.196. The number of rotatable bonds is 8. The van der Waals surface area contributed by atoms with Crippen LogP contribution in [-0.4, -0.2) is 33.2 Å². The summed E-state index contributed by atoms with van der Waals surface area (Å²) >= 11 is 6.35. The molecule has 1 fully saturated rings. The molecule has 1 N–H and O–H groups in total. The molecule has 3 aromatic rings. The molecule has 3 aromatic carbocycles. The zero-order valence-electron chi connectivity index (χ0n) is 18.9. The first kappa shape index (κ1) is 24.9. The van der Waals surface area contributed by atoms with E-state index in [0.29, 0.717) is 33.1 Å². The molecule has 36 heavy (non-hydrogen) atoms. The lowest BCUT2D eigenvalue weighted by Gasteiger charge is -2.15. The fraction of sp³-hybridized carbons (Fsp3) is 0.0800. The smallest absolute Gasteiger partial charge is 0.285 e. The highest BCUT2D eigenvalue weighted by molar-refractivity contribution is 8.26. The van der Waals surface area contributed by atoms with Gasteiger partial charge in [-0.15, -0.1) is 0 Å². The molecule has 9 nitrogen and oxygen atoms in total. The third-order valence-electron chi connectivity index (χ3n) is 5.04. The number of hydrogen-bond acceptors (Lipinski definition) is 8. The molecule has 1 aliphatic rings. The highest BCUT2D eigenvalue weighted by atomic mass is 32.2. The Labute approximate surface area is 215 Å². The Morgan fingerprint density at radius 1 is 1.11 bits per heavy atom. The van der Waals surface area contributed by atoms with Gasteiger partial charge in [0, 0.05) is 17.7 Å². The summed E-state index contributed by atoms with van der Waals surface area (Å²) in [7, 11) is 1.48. The van der Waals surface area contributed by atoms with E-state index in [0.717, 1.165) is 16.8 Å². The standard InChI is InChI=1S/C25H19N3O6S2/c1-33-21-13-16(10-11-20(21)34-15-17-6-5-9-19(12-17)28(31)32)14-22-24(30)27(25(35)36-22)26-23(29)18-7-3-2-4-8-18/h2-14H,15H2,1H3,(H,26,29)/b22-14+. The number of thiocarbonyl (C=S) groups is 1. The van der Waals surface area contributed by atoms with Crippen LogP contribution in [0.2, 0.25) is 0 Å². The molecule has 1 saturated heterocycles. The van der Waals surface area contributed by atoms with Crippen LogP contribution in [0.3, 0.4) is 0 Å². The van der Waals surface area contributed by atoms with Crippen LogP contribution in [0, 0.1) is 10.1 Å². The predicted molar refractivity (Wildman–Crippen MR) is 139 cm³/mol. The van der Waals surface area contributed by atoms with Crippen molar-refractivity contribution in [2.45, 2.75) is 6.61 Å². The number of hydrazine groups is 1. The van der Waals surface area contributed by atoms with Crippen LogP contribution in [0.25, 0.3) is 6.08 Å². The first-order chi connectivity index (χ1) is 17.4. The molecule has 1 aliphatic heterocycles. The number of nitrogens with one attached hydrogen (secondary N) is 1. The van der Waals surface area contributed by atoms with Crippen LogP contribution in [0.15, 0.2) is 77.7 Å². The summed E-state index contributed by atoms with van der Waals surface area (Å²) in [6.45, 7) is 0.108. The van der Waals surface area contributed by atoms with Crippen LogP contribution in [0.1, 0.15) is 21.5 Å². The van der Waals surface area contributed by atoms with Crippen LogP contribution in [0.4, 0.5) is 5.69 Å². The number of nitro groups is 1. The number of benzene rings is 3. The molecule has 11 heteroatoms. The summed E-state index contributed by atoms with van der Waals surface area (Å²) in [5, 5.41) is 12.0. The van der Waals surface area contributed by atoms with Gasteiger partial charge in [-0.3, -0.25) is 25.1 Å². The topological polar surface area (TPSA) is 111 Å². The molecule has 0 saturated carbocycles. The van der Waals surface area contributed by atoms with Crippen LogP contribution in [0.5, 0.6) is 11.5 Å². The fourth-order valence-corrected chi connectivity index (χ4v) is 4.46. The van der Waals surface area contributed by atoms with Crippen molar-refractivity contribution >= 4 is 51.9 Å². The van der Waals surface area contributed by atoms with Gasteiger partial charge in [-0.1, -0.05) is 48.2 Å². The van der Waals surface area contributed by atoms with Crippen molar-refractivity contribution in [3.05, 3.63) is 105 Å².